The van der Waals surface area contributed by atoms with Crippen LogP contribution < -0.4 is 9.47 Å². The van der Waals surface area contributed by atoms with Crippen LogP contribution in [0.4, 0.5) is 4.39 Å². The van der Waals surface area contributed by atoms with E-state index in [1.807, 2.05) is 36.1 Å². The maximum Gasteiger partial charge on any atom is 0.207 e. The lowest BCUT2D eigenvalue weighted by Gasteiger charge is -2.21. The number of ether oxygens (including phenoxy) is 2. The number of carbonyl (C=O) groups excluding carboxylic acids is 1. The Morgan fingerprint density at radius 3 is 2.38 bits per heavy atom. The molecule has 3 aromatic rings. The predicted octanol–water partition coefficient (Wildman–Crippen LogP) is 5.94. The highest BCUT2D eigenvalue weighted by Crippen LogP contribution is 2.42. The highest BCUT2D eigenvalue weighted by Gasteiger charge is 2.26. The van der Waals surface area contributed by atoms with E-state index < -0.39 is 0 Å². The fourth-order valence-electron chi connectivity index (χ4n) is 4.14. The smallest absolute Gasteiger partial charge is 0.207 e. The second-order valence-electron chi connectivity index (χ2n) is 9.12. The molecule has 0 saturated carbocycles. The standard InChI is InChI=1S/C27H34FIN4O4/c1-16(20-8-10-21(28)11-9-20)12-14-35-26-24(36-15-13-30-27(32(5)6)33(7)29)22(18(3)34)17(2)23-25(26)37-19(4)31-23/h8-11,16H,12-15H2,1-7H3. The van der Waals surface area contributed by atoms with E-state index in [-0.39, 0.29) is 24.1 Å². The Morgan fingerprint density at radius 2 is 1.78 bits per heavy atom. The van der Waals surface area contributed by atoms with E-state index in [1.54, 1.807) is 19.1 Å². The van der Waals surface area contributed by atoms with Crippen LogP contribution in [0, 0.1) is 19.7 Å². The Balaban J connectivity index is 1.90. The SMILES string of the molecule is CC(=O)c1c(OCCN=C(N(C)C)N(C)I)c(OCCC(C)c2ccc(F)cc2)c2oc(C)nc2c1C. The minimum Gasteiger partial charge on any atom is -0.487 e. The van der Waals surface area contributed by atoms with E-state index in [0.29, 0.717) is 59.2 Å². The first-order chi connectivity index (χ1) is 17.5. The van der Waals surface area contributed by atoms with Gasteiger partial charge >= 0.3 is 0 Å². The molecule has 0 radical (unpaired) electrons. The zero-order valence-corrected chi connectivity index (χ0v) is 24.6. The second kappa shape index (κ2) is 12.6. The van der Waals surface area contributed by atoms with E-state index in [2.05, 4.69) is 39.8 Å². The number of guanidine groups is 1. The first kappa shape index (κ1) is 28.7. The van der Waals surface area contributed by atoms with Crippen molar-refractivity contribution >= 4 is 45.7 Å². The van der Waals surface area contributed by atoms with E-state index in [0.717, 1.165) is 11.5 Å². The molecule has 1 unspecified atom stereocenters. The Morgan fingerprint density at radius 1 is 1.14 bits per heavy atom. The summed E-state index contributed by atoms with van der Waals surface area (Å²) in [4.78, 5) is 23.7. The molecule has 1 heterocycles. The number of rotatable bonds is 10. The van der Waals surface area contributed by atoms with Gasteiger partial charge in [-0.05, 0) is 49.4 Å². The molecule has 1 aromatic heterocycles. The van der Waals surface area contributed by atoms with Crippen molar-refractivity contribution < 1.29 is 23.1 Å². The van der Waals surface area contributed by atoms with Crippen LogP contribution >= 0.6 is 22.9 Å². The summed E-state index contributed by atoms with van der Waals surface area (Å²) in [6.45, 7) is 8.11. The molecule has 0 aliphatic carbocycles. The van der Waals surface area contributed by atoms with E-state index in [9.17, 15) is 9.18 Å². The van der Waals surface area contributed by atoms with Crippen molar-refractivity contribution in [3.8, 4) is 11.5 Å². The van der Waals surface area contributed by atoms with Crippen LogP contribution in [-0.2, 0) is 0 Å². The van der Waals surface area contributed by atoms with Crippen LogP contribution in [0.1, 0.15) is 53.6 Å². The topological polar surface area (TPSA) is 80.4 Å². The number of carbonyl (C=O) groups is 1. The van der Waals surface area contributed by atoms with Crippen molar-refractivity contribution in [3.63, 3.8) is 0 Å². The van der Waals surface area contributed by atoms with Gasteiger partial charge in [-0.2, -0.15) is 0 Å². The molecule has 0 fully saturated rings. The quantitative estimate of drug-likeness (QED) is 0.0691. The Kier molecular flexibility index (Phi) is 9.74. The van der Waals surface area contributed by atoms with Gasteiger partial charge in [-0.3, -0.25) is 7.91 Å². The number of aryl methyl sites for hydroxylation is 2. The highest BCUT2D eigenvalue weighted by molar-refractivity contribution is 14.1. The van der Waals surface area contributed by atoms with Gasteiger partial charge in [0.25, 0.3) is 0 Å². The molecule has 0 N–H and O–H groups in total. The Bertz CT molecular complexity index is 1260. The molecule has 3 rings (SSSR count). The average Bonchev–Trinajstić information content (AvgIpc) is 3.22. The molecule has 8 nitrogen and oxygen atoms in total. The number of aliphatic imine (C=N–C) groups is 1. The number of Topliss-reactive ketones (excluding diaryl/α,β-unsaturated/α-hetero) is 1. The lowest BCUT2D eigenvalue weighted by atomic mass is 9.98. The number of nitrogens with zero attached hydrogens (tertiary/aromatic N) is 4. The minimum atomic E-state index is -0.263. The molecule has 200 valence electrons. The van der Waals surface area contributed by atoms with Crippen molar-refractivity contribution in [1.29, 1.82) is 0 Å². The maximum atomic E-state index is 13.3. The number of fused-ring (bicyclic) bond motifs is 1. The lowest BCUT2D eigenvalue weighted by molar-refractivity contribution is 0.101. The van der Waals surface area contributed by atoms with Gasteiger partial charge in [-0.1, -0.05) is 19.1 Å². The third-order valence-corrected chi connectivity index (χ3v) is 6.39. The van der Waals surface area contributed by atoms with Crippen LogP contribution in [0.2, 0.25) is 0 Å². The van der Waals surface area contributed by atoms with Gasteiger partial charge < -0.3 is 18.8 Å². The molecule has 0 aliphatic heterocycles. The summed E-state index contributed by atoms with van der Waals surface area (Å²) < 4.78 is 33.5. The van der Waals surface area contributed by atoms with Gasteiger partial charge in [-0.25, -0.2) is 14.4 Å². The first-order valence-electron chi connectivity index (χ1n) is 12.1. The van der Waals surface area contributed by atoms with Crippen molar-refractivity contribution in [2.75, 3.05) is 40.9 Å². The average molecular weight is 624 g/mol. The molecule has 0 aliphatic rings. The van der Waals surface area contributed by atoms with Crippen molar-refractivity contribution in [2.45, 2.75) is 40.0 Å². The summed E-state index contributed by atoms with van der Waals surface area (Å²) in [5.41, 5.74) is 3.16. The van der Waals surface area contributed by atoms with Crippen LogP contribution in [0.3, 0.4) is 0 Å². The minimum absolute atomic E-state index is 0.138. The Hall–Kier alpha value is -2.89. The van der Waals surface area contributed by atoms with Gasteiger partial charge in [-0.15, -0.1) is 0 Å². The molecule has 10 heteroatoms. The summed E-state index contributed by atoms with van der Waals surface area (Å²) in [6.07, 6.45) is 0.668. The number of hydrogen-bond donors (Lipinski definition) is 0. The highest BCUT2D eigenvalue weighted by atomic mass is 127. The maximum absolute atomic E-state index is 13.3. The fourth-order valence-corrected chi connectivity index (χ4v) is 4.72. The van der Waals surface area contributed by atoms with E-state index in [1.165, 1.54) is 19.1 Å². The molecule has 0 bridgehead atoms. The normalized spacial score (nSPS) is 12.5. The van der Waals surface area contributed by atoms with E-state index >= 15 is 0 Å². The van der Waals surface area contributed by atoms with Crippen LogP contribution in [0.5, 0.6) is 11.5 Å². The Labute approximate surface area is 231 Å². The van der Waals surface area contributed by atoms with Crippen molar-refractivity contribution in [2.24, 2.45) is 4.99 Å². The molecule has 0 spiro atoms. The number of ketones is 1. The molecule has 37 heavy (non-hydrogen) atoms. The summed E-state index contributed by atoms with van der Waals surface area (Å²) in [6, 6.07) is 6.47. The molecule has 0 saturated heterocycles. The summed E-state index contributed by atoms with van der Waals surface area (Å²) in [5.74, 6) is 1.69. The fraction of sp³-hybridized carbons (Fsp3) is 0.444. The third-order valence-electron chi connectivity index (χ3n) is 5.96. The summed E-state index contributed by atoms with van der Waals surface area (Å²) >= 11 is 2.16. The second-order valence-corrected chi connectivity index (χ2v) is 10.6. The number of halogens is 2. The number of oxazole rings is 1. The number of hydrogen-bond acceptors (Lipinski definition) is 6. The van der Waals surface area contributed by atoms with Gasteiger partial charge in [0.1, 0.15) is 17.9 Å². The zero-order chi connectivity index (χ0) is 27.3. The lowest BCUT2D eigenvalue weighted by Crippen LogP contribution is -2.32. The number of aromatic nitrogens is 1. The molecule has 0 amide bonds. The van der Waals surface area contributed by atoms with Gasteiger partial charge in [0.15, 0.2) is 17.4 Å². The third kappa shape index (κ3) is 6.91. The first-order valence-corrected chi connectivity index (χ1v) is 13.0. The van der Waals surface area contributed by atoms with Gasteiger partial charge in [0, 0.05) is 28.1 Å². The zero-order valence-electron chi connectivity index (χ0n) is 22.4. The largest absolute Gasteiger partial charge is 0.487 e. The monoisotopic (exact) mass is 624 g/mol. The van der Waals surface area contributed by atoms with Crippen LogP contribution in [0.15, 0.2) is 33.7 Å². The van der Waals surface area contributed by atoms with Crippen molar-refractivity contribution in [3.05, 3.63) is 52.7 Å². The van der Waals surface area contributed by atoms with E-state index in [4.69, 9.17) is 13.9 Å². The molecule has 2 aromatic carbocycles. The molecular weight excluding hydrogens is 590 g/mol. The van der Waals surface area contributed by atoms with Crippen LogP contribution in [0.25, 0.3) is 11.1 Å². The van der Waals surface area contributed by atoms with Crippen LogP contribution in [-0.4, -0.2) is 65.6 Å². The van der Waals surface area contributed by atoms with Crippen molar-refractivity contribution in [1.82, 2.24) is 13.0 Å². The summed E-state index contributed by atoms with van der Waals surface area (Å²) in [7, 11) is 5.76. The summed E-state index contributed by atoms with van der Waals surface area (Å²) in [5, 5.41) is 0. The molecular formula is C27H34FIN4O4. The van der Waals surface area contributed by atoms with Gasteiger partial charge in [0.05, 0.1) is 41.6 Å². The van der Waals surface area contributed by atoms with Gasteiger partial charge in [0.2, 0.25) is 17.3 Å². The predicted molar refractivity (Wildman–Crippen MR) is 152 cm³/mol. The molecule has 1 atom stereocenters. The number of benzene rings is 2.